The van der Waals surface area contributed by atoms with Crippen LogP contribution < -0.4 is 5.32 Å². The molecule has 0 saturated heterocycles. The van der Waals surface area contributed by atoms with E-state index >= 15 is 0 Å². The van der Waals surface area contributed by atoms with E-state index in [0.717, 1.165) is 16.0 Å². The standard InChI is InChI=1S/C15H24BrNO/c1-11(2)6-4-7-12(3)17-10-13-8-5-9-14(16)15(13)18/h5,8-9,11-12,17-18H,4,6-7,10H2,1-3H3. The average molecular weight is 314 g/mol. The van der Waals surface area contributed by atoms with Gasteiger partial charge in [0.1, 0.15) is 5.75 Å². The quantitative estimate of drug-likeness (QED) is 0.779. The molecule has 0 radical (unpaired) electrons. The molecule has 0 amide bonds. The highest BCUT2D eigenvalue weighted by molar-refractivity contribution is 9.10. The highest BCUT2D eigenvalue weighted by atomic mass is 79.9. The van der Waals surface area contributed by atoms with Crippen LogP contribution in [-0.4, -0.2) is 11.1 Å². The molecule has 0 aromatic heterocycles. The minimum atomic E-state index is 0.347. The van der Waals surface area contributed by atoms with Crippen molar-refractivity contribution < 1.29 is 5.11 Å². The lowest BCUT2D eigenvalue weighted by Crippen LogP contribution is -2.25. The topological polar surface area (TPSA) is 32.3 Å². The molecule has 2 N–H and O–H groups in total. The Bertz CT molecular complexity index is 366. The van der Waals surface area contributed by atoms with E-state index in [1.165, 1.54) is 19.3 Å². The molecule has 0 saturated carbocycles. The molecule has 102 valence electrons. The molecule has 0 aliphatic heterocycles. The molecule has 1 aromatic rings. The van der Waals surface area contributed by atoms with Crippen LogP contribution in [0.4, 0.5) is 0 Å². The van der Waals surface area contributed by atoms with E-state index in [9.17, 15) is 5.11 Å². The van der Waals surface area contributed by atoms with Crippen molar-refractivity contribution >= 4 is 15.9 Å². The van der Waals surface area contributed by atoms with Gasteiger partial charge < -0.3 is 10.4 Å². The maximum absolute atomic E-state index is 9.87. The van der Waals surface area contributed by atoms with Crippen LogP contribution >= 0.6 is 15.9 Å². The van der Waals surface area contributed by atoms with E-state index < -0.39 is 0 Å². The largest absolute Gasteiger partial charge is 0.506 e. The fourth-order valence-electron chi connectivity index (χ4n) is 1.92. The van der Waals surface area contributed by atoms with Gasteiger partial charge in [-0.25, -0.2) is 0 Å². The Kier molecular flexibility index (Phi) is 6.72. The molecule has 0 heterocycles. The van der Waals surface area contributed by atoms with Crippen LogP contribution in [0.3, 0.4) is 0 Å². The van der Waals surface area contributed by atoms with Crippen LogP contribution in [0, 0.1) is 5.92 Å². The van der Waals surface area contributed by atoms with Gasteiger partial charge in [-0.15, -0.1) is 0 Å². The number of benzene rings is 1. The van der Waals surface area contributed by atoms with Crippen LogP contribution in [0.2, 0.25) is 0 Å². The van der Waals surface area contributed by atoms with Crippen molar-refractivity contribution in [2.75, 3.05) is 0 Å². The van der Waals surface area contributed by atoms with Gasteiger partial charge in [-0.05, 0) is 41.3 Å². The maximum Gasteiger partial charge on any atom is 0.134 e. The first-order valence-electron chi connectivity index (χ1n) is 6.70. The third-order valence-electron chi connectivity index (χ3n) is 3.13. The van der Waals surface area contributed by atoms with Gasteiger partial charge in [0.25, 0.3) is 0 Å². The zero-order chi connectivity index (χ0) is 13.5. The summed E-state index contributed by atoms with van der Waals surface area (Å²) in [5.41, 5.74) is 0.945. The van der Waals surface area contributed by atoms with Gasteiger partial charge in [-0.1, -0.05) is 38.8 Å². The first kappa shape index (κ1) is 15.5. The number of phenolic OH excluding ortho intramolecular Hbond substituents is 1. The fourth-order valence-corrected chi connectivity index (χ4v) is 2.33. The van der Waals surface area contributed by atoms with Crippen LogP contribution in [0.5, 0.6) is 5.75 Å². The molecule has 3 heteroatoms. The molecule has 0 bridgehead atoms. The third-order valence-corrected chi connectivity index (χ3v) is 3.77. The van der Waals surface area contributed by atoms with Crippen molar-refractivity contribution in [2.45, 2.75) is 52.6 Å². The molecule has 1 atom stereocenters. The molecule has 2 nitrogen and oxygen atoms in total. The Balaban J connectivity index is 2.33. The molecule has 1 unspecified atom stereocenters. The number of nitrogens with one attached hydrogen (secondary N) is 1. The maximum atomic E-state index is 9.87. The SMILES string of the molecule is CC(C)CCCC(C)NCc1cccc(Br)c1O. The summed E-state index contributed by atoms with van der Waals surface area (Å²) in [4.78, 5) is 0. The number of hydrogen-bond donors (Lipinski definition) is 2. The minimum Gasteiger partial charge on any atom is -0.506 e. The zero-order valence-electron chi connectivity index (χ0n) is 11.5. The Morgan fingerprint density at radius 2 is 1.94 bits per heavy atom. The van der Waals surface area contributed by atoms with E-state index in [1.807, 2.05) is 18.2 Å². The molecule has 0 aliphatic carbocycles. The Labute approximate surface area is 119 Å². The monoisotopic (exact) mass is 313 g/mol. The summed E-state index contributed by atoms with van der Waals surface area (Å²) in [5.74, 6) is 1.13. The molecule has 0 fully saturated rings. The summed E-state index contributed by atoms with van der Waals surface area (Å²) in [6.07, 6.45) is 3.73. The van der Waals surface area contributed by atoms with Crippen molar-refractivity contribution in [2.24, 2.45) is 5.92 Å². The van der Waals surface area contributed by atoms with Crippen LogP contribution in [0.1, 0.15) is 45.6 Å². The van der Waals surface area contributed by atoms with Gasteiger partial charge in [0, 0.05) is 18.2 Å². The van der Waals surface area contributed by atoms with Gasteiger partial charge in [-0.3, -0.25) is 0 Å². The number of phenols is 1. The van der Waals surface area contributed by atoms with Gasteiger partial charge in [-0.2, -0.15) is 0 Å². The Morgan fingerprint density at radius 1 is 1.22 bits per heavy atom. The van der Waals surface area contributed by atoms with Crippen molar-refractivity contribution in [1.82, 2.24) is 5.32 Å². The molecule has 18 heavy (non-hydrogen) atoms. The molecule has 1 aromatic carbocycles. The number of aromatic hydroxyl groups is 1. The molecule has 1 rings (SSSR count). The van der Waals surface area contributed by atoms with Crippen molar-refractivity contribution in [3.8, 4) is 5.75 Å². The number of rotatable bonds is 7. The molecule has 0 aliphatic rings. The third kappa shape index (κ3) is 5.40. The number of hydrogen-bond acceptors (Lipinski definition) is 2. The second kappa shape index (κ2) is 7.80. The summed E-state index contributed by atoms with van der Waals surface area (Å²) in [5, 5.41) is 13.3. The van der Waals surface area contributed by atoms with Gasteiger partial charge >= 0.3 is 0 Å². The molecular formula is C15H24BrNO. The normalized spacial score (nSPS) is 12.9. The number of halogens is 1. The highest BCUT2D eigenvalue weighted by Crippen LogP contribution is 2.27. The van der Waals surface area contributed by atoms with Crippen LogP contribution in [-0.2, 0) is 6.54 Å². The van der Waals surface area contributed by atoms with Gasteiger partial charge in [0.2, 0.25) is 0 Å². The molecule has 0 spiro atoms. The van der Waals surface area contributed by atoms with E-state index in [2.05, 4.69) is 42.0 Å². The predicted molar refractivity (Wildman–Crippen MR) is 80.8 cm³/mol. The Hall–Kier alpha value is -0.540. The first-order chi connectivity index (χ1) is 8.50. The summed E-state index contributed by atoms with van der Waals surface area (Å²) < 4.78 is 0.759. The van der Waals surface area contributed by atoms with E-state index in [-0.39, 0.29) is 0 Å². The van der Waals surface area contributed by atoms with E-state index in [1.54, 1.807) is 0 Å². The van der Waals surface area contributed by atoms with Crippen molar-refractivity contribution in [3.63, 3.8) is 0 Å². The van der Waals surface area contributed by atoms with Crippen LogP contribution in [0.25, 0.3) is 0 Å². The van der Waals surface area contributed by atoms with Crippen molar-refractivity contribution in [3.05, 3.63) is 28.2 Å². The first-order valence-corrected chi connectivity index (χ1v) is 7.49. The number of para-hydroxylation sites is 1. The summed E-state index contributed by atoms with van der Waals surface area (Å²) in [6.45, 7) is 7.44. The van der Waals surface area contributed by atoms with Crippen molar-refractivity contribution in [1.29, 1.82) is 0 Å². The van der Waals surface area contributed by atoms with E-state index in [0.29, 0.717) is 18.3 Å². The lowest BCUT2D eigenvalue weighted by atomic mass is 10.0. The average Bonchev–Trinajstić information content (AvgIpc) is 2.30. The van der Waals surface area contributed by atoms with Gasteiger partial charge in [0.05, 0.1) is 4.47 Å². The summed E-state index contributed by atoms with van der Waals surface area (Å²) in [7, 11) is 0. The second-order valence-electron chi connectivity index (χ2n) is 5.35. The summed E-state index contributed by atoms with van der Waals surface area (Å²) >= 11 is 3.33. The predicted octanol–water partition coefficient (Wildman–Crippen LogP) is 4.46. The second-order valence-corrected chi connectivity index (χ2v) is 6.21. The zero-order valence-corrected chi connectivity index (χ0v) is 13.1. The fraction of sp³-hybridized carbons (Fsp3) is 0.600. The highest BCUT2D eigenvalue weighted by Gasteiger charge is 2.07. The summed E-state index contributed by atoms with van der Waals surface area (Å²) in [6, 6.07) is 6.24. The smallest absolute Gasteiger partial charge is 0.134 e. The lowest BCUT2D eigenvalue weighted by molar-refractivity contribution is 0.439. The van der Waals surface area contributed by atoms with Crippen LogP contribution in [0.15, 0.2) is 22.7 Å². The van der Waals surface area contributed by atoms with Gasteiger partial charge in [0.15, 0.2) is 0 Å². The minimum absolute atomic E-state index is 0.347. The Morgan fingerprint density at radius 3 is 2.61 bits per heavy atom. The lowest BCUT2D eigenvalue weighted by Gasteiger charge is -2.15. The van der Waals surface area contributed by atoms with E-state index in [4.69, 9.17) is 0 Å². The molecular weight excluding hydrogens is 290 g/mol.